The van der Waals surface area contributed by atoms with E-state index in [-0.39, 0.29) is 11.8 Å². The van der Waals surface area contributed by atoms with Gasteiger partial charge in [-0.25, -0.2) is 0 Å². The van der Waals surface area contributed by atoms with Crippen molar-refractivity contribution in [2.75, 3.05) is 19.7 Å². The maximum absolute atomic E-state index is 11.8. The molecule has 1 rings (SSSR count). The molecule has 0 spiro atoms. The van der Waals surface area contributed by atoms with Gasteiger partial charge in [0.15, 0.2) is 0 Å². The first-order chi connectivity index (χ1) is 9.63. The van der Waals surface area contributed by atoms with Crippen molar-refractivity contribution in [1.82, 2.24) is 10.6 Å². The van der Waals surface area contributed by atoms with Crippen molar-refractivity contribution in [2.24, 2.45) is 0 Å². The predicted octanol–water partition coefficient (Wildman–Crippen LogP) is 1.73. The van der Waals surface area contributed by atoms with Crippen LogP contribution in [0.15, 0.2) is 24.3 Å². The summed E-state index contributed by atoms with van der Waals surface area (Å²) < 4.78 is 5.53. The van der Waals surface area contributed by atoms with Crippen molar-refractivity contribution < 1.29 is 14.3 Å². The molecule has 110 valence electrons. The summed E-state index contributed by atoms with van der Waals surface area (Å²) in [6.45, 7) is 5.09. The fourth-order valence-electron chi connectivity index (χ4n) is 1.55. The van der Waals surface area contributed by atoms with Crippen LogP contribution in [0.1, 0.15) is 37.0 Å². The molecular formula is C15H22N2O3. The van der Waals surface area contributed by atoms with Gasteiger partial charge in [-0.15, -0.1) is 0 Å². The molecule has 0 bridgehead atoms. The van der Waals surface area contributed by atoms with Gasteiger partial charge in [-0.1, -0.05) is 13.3 Å². The van der Waals surface area contributed by atoms with E-state index in [4.69, 9.17) is 4.74 Å². The van der Waals surface area contributed by atoms with Gasteiger partial charge in [0.2, 0.25) is 5.91 Å². The van der Waals surface area contributed by atoms with Gasteiger partial charge < -0.3 is 15.4 Å². The molecule has 2 N–H and O–H groups in total. The predicted molar refractivity (Wildman–Crippen MR) is 77.9 cm³/mol. The van der Waals surface area contributed by atoms with E-state index in [9.17, 15) is 9.59 Å². The van der Waals surface area contributed by atoms with E-state index in [1.807, 2.05) is 0 Å². The Balaban J connectivity index is 2.35. The number of hydrogen-bond acceptors (Lipinski definition) is 3. The second-order valence-electron chi connectivity index (χ2n) is 4.47. The van der Waals surface area contributed by atoms with Crippen molar-refractivity contribution >= 4 is 11.8 Å². The third kappa shape index (κ3) is 6.22. The molecule has 0 fully saturated rings. The Labute approximate surface area is 119 Å². The highest BCUT2D eigenvalue weighted by atomic mass is 16.5. The van der Waals surface area contributed by atoms with Gasteiger partial charge in [0.1, 0.15) is 5.75 Å². The van der Waals surface area contributed by atoms with Crippen LogP contribution in [-0.2, 0) is 4.79 Å². The van der Waals surface area contributed by atoms with E-state index >= 15 is 0 Å². The van der Waals surface area contributed by atoms with E-state index in [0.717, 1.165) is 18.6 Å². The normalized spacial score (nSPS) is 9.90. The maximum atomic E-state index is 11.8. The molecule has 1 aromatic rings. The highest BCUT2D eigenvalue weighted by Gasteiger charge is 2.04. The second kappa shape index (κ2) is 8.96. The summed E-state index contributed by atoms with van der Waals surface area (Å²) in [5.41, 5.74) is 0.579. The van der Waals surface area contributed by atoms with Crippen LogP contribution in [0.3, 0.4) is 0 Å². The van der Waals surface area contributed by atoms with Crippen LogP contribution < -0.4 is 15.4 Å². The van der Waals surface area contributed by atoms with Gasteiger partial charge in [-0.3, -0.25) is 9.59 Å². The summed E-state index contributed by atoms with van der Waals surface area (Å²) in [5.74, 6) is 0.511. The molecule has 0 atom stereocenters. The molecule has 0 aliphatic rings. The number of amides is 2. The summed E-state index contributed by atoms with van der Waals surface area (Å²) >= 11 is 0. The minimum Gasteiger partial charge on any atom is -0.494 e. The zero-order valence-electron chi connectivity index (χ0n) is 12.1. The molecule has 0 aromatic heterocycles. The molecule has 5 nitrogen and oxygen atoms in total. The molecular weight excluding hydrogens is 256 g/mol. The zero-order valence-corrected chi connectivity index (χ0v) is 12.1. The lowest BCUT2D eigenvalue weighted by Gasteiger charge is -2.08. The summed E-state index contributed by atoms with van der Waals surface area (Å²) in [4.78, 5) is 22.5. The zero-order chi connectivity index (χ0) is 14.8. The topological polar surface area (TPSA) is 67.4 Å². The molecule has 0 radical (unpaired) electrons. The van der Waals surface area contributed by atoms with Crippen LogP contribution >= 0.6 is 0 Å². The standard InChI is InChI=1S/C15H22N2O3/c1-3-4-11-20-14-7-5-13(6-8-14)15(19)17-10-9-16-12(2)18/h5-8H,3-4,9-11H2,1-2H3,(H,16,18)(H,17,19). The quantitative estimate of drug-likeness (QED) is 0.712. The van der Waals surface area contributed by atoms with Crippen LogP contribution in [0.4, 0.5) is 0 Å². The van der Waals surface area contributed by atoms with Gasteiger partial charge in [-0.2, -0.15) is 0 Å². The first kappa shape index (κ1) is 16.0. The largest absolute Gasteiger partial charge is 0.494 e. The molecule has 1 aromatic carbocycles. The lowest BCUT2D eigenvalue weighted by molar-refractivity contribution is -0.118. The van der Waals surface area contributed by atoms with Gasteiger partial charge in [0, 0.05) is 25.6 Å². The molecule has 0 saturated carbocycles. The molecule has 2 amide bonds. The van der Waals surface area contributed by atoms with Gasteiger partial charge in [-0.05, 0) is 30.7 Å². The SMILES string of the molecule is CCCCOc1ccc(C(=O)NCCNC(C)=O)cc1. The fourth-order valence-corrected chi connectivity index (χ4v) is 1.55. The first-order valence-corrected chi connectivity index (χ1v) is 6.89. The third-order valence-corrected chi connectivity index (χ3v) is 2.67. The summed E-state index contributed by atoms with van der Waals surface area (Å²) in [6.07, 6.45) is 2.11. The smallest absolute Gasteiger partial charge is 0.251 e. The van der Waals surface area contributed by atoms with Crippen molar-refractivity contribution in [1.29, 1.82) is 0 Å². The molecule has 5 heteroatoms. The Kier molecular flexibility index (Phi) is 7.17. The Morgan fingerprint density at radius 3 is 2.35 bits per heavy atom. The fraction of sp³-hybridized carbons (Fsp3) is 0.467. The molecule has 0 saturated heterocycles. The van der Waals surface area contributed by atoms with E-state index in [1.165, 1.54) is 6.92 Å². The highest BCUT2D eigenvalue weighted by Crippen LogP contribution is 2.12. The monoisotopic (exact) mass is 278 g/mol. The number of carbonyl (C=O) groups excluding carboxylic acids is 2. The Bertz CT molecular complexity index is 429. The highest BCUT2D eigenvalue weighted by molar-refractivity contribution is 5.94. The molecule has 0 heterocycles. The molecule has 20 heavy (non-hydrogen) atoms. The lowest BCUT2D eigenvalue weighted by Crippen LogP contribution is -2.33. The average molecular weight is 278 g/mol. The number of unbranched alkanes of at least 4 members (excludes halogenated alkanes) is 1. The van der Waals surface area contributed by atoms with Crippen LogP contribution in [0, 0.1) is 0 Å². The van der Waals surface area contributed by atoms with Gasteiger partial charge in [0.25, 0.3) is 5.91 Å². The Hall–Kier alpha value is -2.04. The molecule has 0 unspecified atom stereocenters. The number of hydrogen-bond donors (Lipinski definition) is 2. The summed E-state index contributed by atoms with van der Waals surface area (Å²) in [5, 5.41) is 5.35. The van der Waals surface area contributed by atoms with Crippen molar-refractivity contribution in [3.05, 3.63) is 29.8 Å². The van der Waals surface area contributed by atoms with Crippen LogP contribution in [0.25, 0.3) is 0 Å². The van der Waals surface area contributed by atoms with Crippen molar-refractivity contribution in [3.8, 4) is 5.75 Å². The van der Waals surface area contributed by atoms with Gasteiger partial charge in [0.05, 0.1) is 6.61 Å². The minimum absolute atomic E-state index is 0.104. The summed E-state index contributed by atoms with van der Waals surface area (Å²) in [6, 6.07) is 7.04. The van der Waals surface area contributed by atoms with Crippen LogP contribution in [-0.4, -0.2) is 31.5 Å². The van der Waals surface area contributed by atoms with E-state index in [2.05, 4.69) is 17.6 Å². The molecule has 0 aliphatic carbocycles. The van der Waals surface area contributed by atoms with Crippen LogP contribution in [0.2, 0.25) is 0 Å². The average Bonchev–Trinajstić information content (AvgIpc) is 2.44. The second-order valence-corrected chi connectivity index (χ2v) is 4.47. The maximum Gasteiger partial charge on any atom is 0.251 e. The number of nitrogens with one attached hydrogen (secondary N) is 2. The Morgan fingerprint density at radius 2 is 1.75 bits per heavy atom. The van der Waals surface area contributed by atoms with Crippen LogP contribution in [0.5, 0.6) is 5.75 Å². The number of rotatable bonds is 8. The molecule has 0 aliphatic heterocycles. The van der Waals surface area contributed by atoms with E-state index < -0.39 is 0 Å². The Morgan fingerprint density at radius 1 is 1.10 bits per heavy atom. The van der Waals surface area contributed by atoms with Gasteiger partial charge >= 0.3 is 0 Å². The number of carbonyl (C=O) groups is 2. The van der Waals surface area contributed by atoms with E-state index in [0.29, 0.717) is 25.3 Å². The first-order valence-electron chi connectivity index (χ1n) is 6.89. The summed E-state index contributed by atoms with van der Waals surface area (Å²) in [7, 11) is 0. The third-order valence-electron chi connectivity index (χ3n) is 2.67. The van der Waals surface area contributed by atoms with Crippen molar-refractivity contribution in [2.45, 2.75) is 26.7 Å². The van der Waals surface area contributed by atoms with E-state index in [1.54, 1.807) is 24.3 Å². The number of ether oxygens (including phenoxy) is 1. The number of benzene rings is 1. The van der Waals surface area contributed by atoms with Crippen molar-refractivity contribution in [3.63, 3.8) is 0 Å². The minimum atomic E-state index is -0.157. The lowest BCUT2D eigenvalue weighted by atomic mass is 10.2.